The van der Waals surface area contributed by atoms with Crippen LogP contribution in [0.2, 0.25) is 0 Å². The molecule has 0 radical (unpaired) electrons. The second kappa shape index (κ2) is 5.76. The zero-order valence-electron chi connectivity index (χ0n) is 12.6. The van der Waals surface area contributed by atoms with Crippen molar-refractivity contribution in [1.29, 1.82) is 0 Å². The largest absolute Gasteiger partial charge is 0.457 e. The number of para-hydroxylation sites is 1. The molecule has 1 aromatic carbocycles. The summed E-state index contributed by atoms with van der Waals surface area (Å²) in [7, 11) is 0. The van der Waals surface area contributed by atoms with E-state index in [2.05, 4.69) is 13.8 Å². The van der Waals surface area contributed by atoms with Gasteiger partial charge in [-0.3, -0.25) is 4.79 Å². The lowest BCUT2D eigenvalue weighted by Gasteiger charge is -2.22. The molecule has 1 aromatic heterocycles. The summed E-state index contributed by atoms with van der Waals surface area (Å²) in [6.07, 6.45) is 5.68. The molecular formula is C18H21NO2. The van der Waals surface area contributed by atoms with Crippen LogP contribution in [0.3, 0.4) is 0 Å². The minimum atomic E-state index is 0.0895. The Morgan fingerprint density at radius 2 is 2.14 bits per heavy atom. The number of carbonyl (C=O) groups is 1. The van der Waals surface area contributed by atoms with E-state index in [1.807, 2.05) is 35.2 Å². The molecule has 3 nitrogen and oxygen atoms in total. The smallest absolute Gasteiger partial charge is 0.246 e. The number of nitrogens with zero attached hydrogens (tertiary/aromatic N) is 1. The molecule has 110 valence electrons. The highest BCUT2D eigenvalue weighted by atomic mass is 16.3. The summed E-state index contributed by atoms with van der Waals surface area (Å²) in [4.78, 5) is 14.3. The van der Waals surface area contributed by atoms with Gasteiger partial charge < -0.3 is 9.32 Å². The molecule has 0 bridgehead atoms. The van der Waals surface area contributed by atoms with Crippen LogP contribution in [0.25, 0.3) is 17.0 Å². The molecule has 3 rings (SSSR count). The van der Waals surface area contributed by atoms with Gasteiger partial charge in [-0.05, 0) is 37.0 Å². The topological polar surface area (TPSA) is 33.5 Å². The minimum absolute atomic E-state index is 0.0895. The molecule has 0 aliphatic heterocycles. The first kappa shape index (κ1) is 13.9. The Kier molecular flexibility index (Phi) is 3.82. The molecule has 1 aliphatic rings. The predicted octanol–water partition coefficient (Wildman–Crippen LogP) is 4.09. The first-order valence-corrected chi connectivity index (χ1v) is 7.61. The Labute approximate surface area is 125 Å². The Hall–Kier alpha value is -2.03. The second-order valence-corrected chi connectivity index (χ2v) is 6.14. The van der Waals surface area contributed by atoms with Gasteiger partial charge in [-0.1, -0.05) is 32.0 Å². The first-order chi connectivity index (χ1) is 10.1. The van der Waals surface area contributed by atoms with E-state index in [4.69, 9.17) is 4.42 Å². The molecule has 0 saturated heterocycles. The fourth-order valence-electron chi connectivity index (χ4n) is 2.53. The van der Waals surface area contributed by atoms with Crippen molar-refractivity contribution in [2.75, 3.05) is 6.54 Å². The van der Waals surface area contributed by atoms with E-state index in [1.165, 1.54) is 0 Å². The van der Waals surface area contributed by atoms with Gasteiger partial charge in [-0.15, -0.1) is 0 Å². The molecule has 3 heteroatoms. The number of furan rings is 1. The molecule has 1 aliphatic carbocycles. The highest BCUT2D eigenvalue weighted by Gasteiger charge is 2.31. The molecule has 21 heavy (non-hydrogen) atoms. The second-order valence-electron chi connectivity index (χ2n) is 6.14. The van der Waals surface area contributed by atoms with Crippen molar-refractivity contribution in [3.63, 3.8) is 0 Å². The molecule has 0 unspecified atom stereocenters. The summed E-state index contributed by atoms with van der Waals surface area (Å²) >= 11 is 0. The minimum Gasteiger partial charge on any atom is -0.457 e. The van der Waals surface area contributed by atoms with Crippen LogP contribution in [-0.2, 0) is 4.79 Å². The maximum absolute atomic E-state index is 12.3. The van der Waals surface area contributed by atoms with E-state index in [-0.39, 0.29) is 5.91 Å². The van der Waals surface area contributed by atoms with Gasteiger partial charge in [-0.2, -0.15) is 0 Å². The maximum Gasteiger partial charge on any atom is 0.246 e. The first-order valence-electron chi connectivity index (χ1n) is 7.61. The summed E-state index contributed by atoms with van der Waals surface area (Å²) in [5.41, 5.74) is 0.853. The summed E-state index contributed by atoms with van der Waals surface area (Å²) in [5.74, 6) is 1.31. The molecule has 1 heterocycles. The van der Waals surface area contributed by atoms with Crippen molar-refractivity contribution in [1.82, 2.24) is 4.90 Å². The maximum atomic E-state index is 12.3. The lowest BCUT2D eigenvalue weighted by Crippen LogP contribution is -2.34. The number of benzene rings is 1. The number of amides is 1. The van der Waals surface area contributed by atoms with E-state index in [9.17, 15) is 4.79 Å². The predicted molar refractivity (Wildman–Crippen MR) is 84.8 cm³/mol. The van der Waals surface area contributed by atoms with Crippen LogP contribution >= 0.6 is 0 Å². The molecular weight excluding hydrogens is 262 g/mol. The Morgan fingerprint density at radius 3 is 2.81 bits per heavy atom. The summed E-state index contributed by atoms with van der Waals surface area (Å²) in [6, 6.07) is 10.3. The molecule has 1 saturated carbocycles. The van der Waals surface area contributed by atoms with Crippen LogP contribution in [0.4, 0.5) is 0 Å². The van der Waals surface area contributed by atoms with E-state index in [1.54, 1.807) is 12.2 Å². The van der Waals surface area contributed by atoms with Gasteiger partial charge in [0.1, 0.15) is 11.3 Å². The third kappa shape index (κ3) is 3.35. The van der Waals surface area contributed by atoms with Crippen LogP contribution in [0, 0.1) is 5.92 Å². The molecule has 2 aromatic rings. The number of carbonyl (C=O) groups excluding carboxylic acids is 1. The van der Waals surface area contributed by atoms with Crippen molar-refractivity contribution >= 4 is 23.0 Å². The van der Waals surface area contributed by atoms with Crippen molar-refractivity contribution in [3.05, 3.63) is 42.2 Å². The fraction of sp³-hybridized carbons (Fsp3) is 0.389. The van der Waals surface area contributed by atoms with Crippen LogP contribution in [-0.4, -0.2) is 23.4 Å². The molecule has 0 N–H and O–H groups in total. The standard InChI is InChI=1S/C18H21NO2/c1-13(2)12-19(15-7-8-15)18(20)10-9-16-11-14-5-3-4-6-17(14)21-16/h3-6,9-11,13,15H,7-8,12H2,1-2H3/b10-9+. The van der Waals surface area contributed by atoms with Gasteiger partial charge in [0.05, 0.1) is 0 Å². The van der Waals surface area contributed by atoms with E-state index >= 15 is 0 Å². The van der Waals surface area contributed by atoms with E-state index < -0.39 is 0 Å². The highest BCUT2D eigenvalue weighted by Crippen LogP contribution is 2.28. The SMILES string of the molecule is CC(C)CN(C(=O)/C=C/c1cc2ccccc2o1)C1CC1. The zero-order valence-corrected chi connectivity index (χ0v) is 12.6. The molecule has 1 fully saturated rings. The lowest BCUT2D eigenvalue weighted by atomic mass is 10.2. The quantitative estimate of drug-likeness (QED) is 0.774. The fourth-order valence-corrected chi connectivity index (χ4v) is 2.53. The van der Waals surface area contributed by atoms with Crippen LogP contribution in [0.5, 0.6) is 0 Å². The van der Waals surface area contributed by atoms with Crippen LogP contribution in [0.15, 0.2) is 40.8 Å². The summed E-state index contributed by atoms with van der Waals surface area (Å²) in [6.45, 7) is 5.12. The average molecular weight is 283 g/mol. The van der Waals surface area contributed by atoms with E-state index in [0.29, 0.717) is 12.0 Å². The third-order valence-electron chi connectivity index (χ3n) is 3.67. The monoisotopic (exact) mass is 283 g/mol. The van der Waals surface area contributed by atoms with Crippen LogP contribution < -0.4 is 0 Å². The Balaban J connectivity index is 1.73. The highest BCUT2D eigenvalue weighted by molar-refractivity contribution is 5.92. The zero-order chi connectivity index (χ0) is 14.8. The normalized spacial score (nSPS) is 15.2. The van der Waals surface area contributed by atoms with Gasteiger partial charge in [-0.25, -0.2) is 0 Å². The molecule has 0 spiro atoms. The van der Waals surface area contributed by atoms with Crippen molar-refractivity contribution in [3.8, 4) is 0 Å². The van der Waals surface area contributed by atoms with Crippen molar-refractivity contribution < 1.29 is 9.21 Å². The van der Waals surface area contributed by atoms with Gasteiger partial charge in [0.15, 0.2) is 0 Å². The Morgan fingerprint density at radius 1 is 1.38 bits per heavy atom. The number of hydrogen-bond donors (Lipinski definition) is 0. The summed E-state index contributed by atoms with van der Waals surface area (Å²) in [5, 5.41) is 1.06. The molecule has 1 amide bonds. The van der Waals surface area contributed by atoms with Crippen molar-refractivity contribution in [2.24, 2.45) is 5.92 Å². The number of rotatable bonds is 5. The van der Waals surface area contributed by atoms with E-state index in [0.717, 1.165) is 36.1 Å². The number of fused-ring (bicyclic) bond motifs is 1. The summed E-state index contributed by atoms with van der Waals surface area (Å²) < 4.78 is 5.70. The van der Waals surface area contributed by atoms with Gasteiger partial charge >= 0.3 is 0 Å². The van der Waals surface area contributed by atoms with Crippen LogP contribution in [0.1, 0.15) is 32.4 Å². The average Bonchev–Trinajstić information content (AvgIpc) is 3.21. The van der Waals surface area contributed by atoms with Gasteiger partial charge in [0.25, 0.3) is 0 Å². The van der Waals surface area contributed by atoms with Gasteiger partial charge in [0.2, 0.25) is 5.91 Å². The third-order valence-corrected chi connectivity index (χ3v) is 3.67. The van der Waals surface area contributed by atoms with Gasteiger partial charge in [0, 0.05) is 24.0 Å². The molecule has 0 atom stereocenters. The lowest BCUT2D eigenvalue weighted by molar-refractivity contribution is -0.127. The van der Waals surface area contributed by atoms with Crippen molar-refractivity contribution in [2.45, 2.75) is 32.7 Å². The number of hydrogen-bond acceptors (Lipinski definition) is 2. The Bertz CT molecular complexity index is 632.